The molecule has 0 unspecified atom stereocenters. The van der Waals surface area contributed by atoms with Crippen molar-refractivity contribution in [2.75, 3.05) is 10.6 Å². The van der Waals surface area contributed by atoms with Crippen molar-refractivity contribution in [1.29, 1.82) is 0 Å². The first-order valence-electron chi connectivity index (χ1n) is 4.64. The first-order chi connectivity index (χ1) is 8.65. The van der Waals surface area contributed by atoms with E-state index in [2.05, 4.69) is 44.1 Å². The molecule has 2 N–H and O–H groups in total. The highest BCUT2D eigenvalue weighted by Gasteiger charge is 2.02. The van der Waals surface area contributed by atoms with E-state index < -0.39 is 0 Å². The molecule has 8 heteroatoms. The van der Waals surface area contributed by atoms with Crippen LogP contribution in [0.1, 0.15) is 0 Å². The summed E-state index contributed by atoms with van der Waals surface area (Å²) < 4.78 is 0. The molecule has 0 saturated heterocycles. The molecule has 18 heavy (non-hydrogen) atoms. The molecular formula is C10H10N4O2S2. The molecule has 0 spiro atoms. The third-order valence-corrected chi connectivity index (χ3v) is 2.00. The Morgan fingerprint density at radius 2 is 1.44 bits per heavy atom. The smallest absolute Gasteiger partial charge is 0.293 e. The number of rotatable bonds is 4. The van der Waals surface area contributed by atoms with Crippen LogP contribution in [-0.4, -0.2) is 23.8 Å². The van der Waals surface area contributed by atoms with E-state index in [0.29, 0.717) is 11.4 Å². The molecule has 6 nitrogen and oxygen atoms in total. The van der Waals surface area contributed by atoms with Crippen LogP contribution in [0.25, 0.3) is 0 Å². The van der Waals surface area contributed by atoms with Crippen molar-refractivity contribution in [3.63, 3.8) is 0 Å². The maximum Gasteiger partial charge on any atom is 0.293 e. The molecule has 0 radical (unpaired) electrons. The van der Waals surface area contributed by atoms with Crippen molar-refractivity contribution in [2.45, 2.75) is 0 Å². The highest BCUT2D eigenvalue weighted by atomic mass is 32.1. The second-order valence-electron chi connectivity index (χ2n) is 2.85. The van der Waals surface area contributed by atoms with Crippen LogP contribution in [0, 0.1) is 0 Å². The highest BCUT2D eigenvalue weighted by molar-refractivity contribution is 7.80. The Bertz CT molecular complexity index is 439. The van der Waals surface area contributed by atoms with Crippen LogP contribution in [0.15, 0.2) is 34.6 Å². The fourth-order valence-electron chi connectivity index (χ4n) is 1.07. The van der Waals surface area contributed by atoms with Crippen molar-refractivity contribution in [3.8, 4) is 0 Å². The van der Waals surface area contributed by atoms with Gasteiger partial charge in [0.1, 0.15) is 0 Å². The minimum Gasteiger partial charge on any atom is -0.327 e. The molecule has 0 heterocycles. The molecule has 0 aliphatic carbocycles. The molecule has 0 aromatic heterocycles. The normalized spacial score (nSPS) is 8.89. The summed E-state index contributed by atoms with van der Waals surface area (Å²) in [5, 5.41) is 12.2. The molecule has 0 bridgehead atoms. The van der Waals surface area contributed by atoms with Gasteiger partial charge in [-0.05, 0) is 42.6 Å². The Morgan fingerprint density at radius 1 is 1.00 bits per heavy atom. The third-order valence-electron chi connectivity index (χ3n) is 1.65. The minimum absolute atomic E-state index is 0.0914. The number of nitrogens with one attached hydrogen (secondary N) is 2. The van der Waals surface area contributed by atoms with Gasteiger partial charge in [0.15, 0.2) is 0 Å². The van der Waals surface area contributed by atoms with Crippen LogP contribution >= 0.6 is 24.4 Å². The predicted octanol–water partition coefficient (Wildman–Crippen LogP) is 2.34. The molecule has 1 rings (SSSR count). The zero-order valence-corrected chi connectivity index (χ0v) is 10.9. The van der Waals surface area contributed by atoms with Crippen molar-refractivity contribution >= 4 is 59.6 Å². The standard InChI is InChI=1S/C10H10N4O2S2/c1-11-15-9(17)13-7-4-3-5-8(6-7)14-10(18)16-12-2/h3-6H,1-2H2,(H,13,17)(H,14,18). The monoisotopic (exact) mass is 282 g/mol. The summed E-state index contributed by atoms with van der Waals surface area (Å²) in [7, 11) is 0. The summed E-state index contributed by atoms with van der Waals surface area (Å²) in [6.45, 7) is 6.32. The van der Waals surface area contributed by atoms with Gasteiger partial charge in [0.25, 0.3) is 10.3 Å². The molecule has 1 aromatic rings. The summed E-state index contributed by atoms with van der Waals surface area (Å²) in [5.74, 6) is 0. The van der Waals surface area contributed by atoms with Gasteiger partial charge in [0.05, 0.1) is 0 Å². The average molecular weight is 282 g/mol. The first kappa shape index (κ1) is 14.0. The third kappa shape index (κ3) is 4.85. The van der Waals surface area contributed by atoms with Crippen molar-refractivity contribution < 1.29 is 9.68 Å². The number of nitrogens with zero attached hydrogens (tertiary/aromatic N) is 2. The van der Waals surface area contributed by atoms with E-state index in [9.17, 15) is 0 Å². The average Bonchev–Trinajstić information content (AvgIpc) is 2.29. The quantitative estimate of drug-likeness (QED) is 0.502. The largest absolute Gasteiger partial charge is 0.327 e. The number of hydrogen-bond donors (Lipinski definition) is 2. The first-order valence-corrected chi connectivity index (χ1v) is 5.45. The van der Waals surface area contributed by atoms with E-state index >= 15 is 0 Å². The van der Waals surface area contributed by atoms with Crippen LogP contribution in [0.4, 0.5) is 11.4 Å². The number of oxime groups is 2. The maximum absolute atomic E-state index is 4.85. The van der Waals surface area contributed by atoms with E-state index in [1.54, 1.807) is 24.3 Å². The van der Waals surface area contributed by atoms with Crippen molar-refractivity contribution in [3.05, 3.63) is 24.3 Å². The Labute approximate surface area is 115 Å². The van der Waals surface area contributed by atoms with Crippen LogP contribution in [0.3, 0.4) is 0 Å². The Hall–Kier alpha value is -2.06. The van der Waals surface area contributed by atoms with Gasteiger partial charge in [-0.25, -0.2) is 0 Å². The lowest BCUT2D eigenvalue weighted by Crippen LogP contribution is -2.12. The summed E-state index contributed by atoms with van der Waals surface area (Å²) in [5.41, 5.74) is 1.39. The molecule has 1 aromatic carbocycles. The number of thiocarbonyl (C=S) groups is 2. The predicted molar refractivity (Wildman–Crippen MR) is 80.2 cm³/mol. The summed E-state index contributed by atoms with van der Waals surface area (Å²) in [6.07, 6.45) is 0. The van der Waals surface area contributed by atoms with Gasteiger partial charge in [0, 0.05) is 24.8 Å². The zero-order valence-electron chi connectivity index (χ0n) is 9.25. The fourth-order valence-corrected chi connectivity index (χ4v) is 1.41. The van der Waals surface area contributed by atoms with E-state index in [4.69, 9.17) is 24.4 Å². The van der Waals surface area contributed by atoms with Gasteiger partial charge in [0.2, 0.25) is 0 Å². The SMILES string of the molecule is C=NOC(=S)Nc1cccc(NC(=S)ON=C)c1. The second-order valence-corrected chi connectivity index (χ2v) is 3.59. The maximum atomic E-state index is 4.85. The minimum atomic E-state index is 0.0914. The Kier molecular flexibility index (Phi) is 5.68. The Morgan fingerprint density at radius 3 is 1.83 bits per heavy atom. The van der Waals surface area contributed by atoms with Gasteiger partial charge < -0.3 is 20.3 Å². The molecular weight excluding hydrogens is 272 g/mol. The van der Waals surface area contributed by atoms with Gasteiger partial charge in [-0.1, -0.05) is 16.4 Å². The van der Waals surface area contributed by atoms with Gasteiger partial charge in [-0.3, -0.25) is 0 Å². The molecule has 0 aliphatic heterocycles. The summed E-state index contributed by atoms with van der Waals surface area (Å²) in [4.78, 5) is 9.29. The van der Waals surface area contributed by atoms with Crippen LogP contribution in [0.5, 0.6) is 0 Å². The van der Waals surface area contributed by atoms with Gasteiger partial charge in [-0.15, -0.1) is 0 Å². The van der Waals surface area contributed by atoms with Crippen molar-refractivity contribution in [1.82, 2.24) is 0 Å². The van der Waals surface area contributed by atoms with E-state index in [1.807, 2.05) is 0 Å². The van der Waals surface area contributed by atoms with Crippen LogP contribution in [0.2, 0.25) is 0 Å². The second kappa shape index (κ2) is 7.30. The zero-order chi connectivity index (χ0) is 13.4. The van der Waals surface area contributed by atoms with Crippen LogP contribution in [-0.2, 0) is 9.68 Å². The summed E-state index contributed by atoms with van der Waals surface area (Å²) >= 11 is 9.69. The number of hydrogen-bond acceptors (Lipinski definition) is 6. The molecule has 0 amide bonds. The molecule has 0 aliphatic rings. The van der Waals surface area contributed by atoms with Crippen LogP contribution < -0.4 is 10.6 Å². The lowest BCUT2D eigenvalue weighted by atomic mass is 10.3. The lowest BCUT2D eigenvalue weighted by Gasteiger charge is -2.08. The Balaban J connectivity index is 2.67. The number of anilines is 2. The highest BCUT2D eigenvalue weighted by Crippen LogP contribution is 2.15. The molecule has 0 atom stereocenters. The van der Waals surface area contributed by atoms with Gasteiger partial charge >= 0.3 is 0 Å². The van der Waals surface area contributed by atoms with E-state index in [-0.39, 0.29) is 10.3 Å². The number of benzene rings is 1. The van der Waals surface area contributed by atoms with Gasteiger partial charge in [-0.2, -0.15) is 0 Å². The topological polar surface area (TPSA) is 67.2 Å². The molecule has 0 fully saturated rings. The van der Waals surface area contributed by atoms with E-state index in [0.717, 1.165) is 0 Å². The molecule has 0 saturated carbocycles. The molecule has 94 valence electrons. The van der Waals surface area contributed by atoms with Crippen molar-refractivity contribution in [2.24, 2.45) is 10.3 Å². The lowest BCUT2D eigenvalue weighted by molar-refractivity contribution is 0.341. The fraction of sp³-hybridized carbons (Fsp3) is 0. The van der Waals surface area contributed by atoms with E-state index in [1.165, 1.54) is 0 Å². The summed E-state index contributed by atoms with van der Waals surface area (Å²) in [6, 6.07) is 7.12.